The van der Waals surface area contributed by atoms with E-state index in [-0.39, 0.29) is 11.4 Å². The molecule has 0 spiro atoms. The molecule has 4 aromatic rings. The van der Waals surface area contributed by atoms with E-state index in [1.807, 2.05) is 25.7 Å². The number of anilines is 4. The number of alkyl halides is 3. The van der Waals surface area contributed by atoms with E-state index in [1.54, 1.807) is 42.1 Å². The number of aromatic nitrogens is 2. The molecule has 1 aliphatic rings. The van der Waals surface area contributed by atoms with E-state index in [1.165, 1.54) is 12.1 Å². The Bertz CT molecular complexity index is 1730. The van der Waals surface area contributed by atoms with Gasteiger partial charge in [-0.3, -0.25) is 0 Å². The summed E-state index contributed by atoms with van der Waals surface area (Å²) < 4.78 is 58.5. The van der Waals surface area contributed by atoms with Crippen LogP contribution in [-0.2, 0) is 5.41 Å². The Morgan fingerprint density at radius 3 is 2.42 bits per heavy atom. The molecule has 0 fully saturated rings. The van der Waals surface area contributed by atoms with E-state index in [4.69, 9.17) is 0 Å². The molecule has 2 heterocycles. The molecule has 2 amide bonds. The Morgan fingerprint density at radius 1 is 1.12 bits per heavy atom. The molecule has 0 bridgehead atoms. The maximum Gasteiger partial charge on any atom is 0.573 e. The van der Waals surface area contributed by atoms with Crippen molar-refractivity contribution in [1.29, 1.82) is 0 Å². The van der Waals surface area contributed by atoms with Crippen molar-refractivity contribution in [2.24, 2.45) is 0 Å². The van der Waals surface area contributed by atoms with E-state index >= 15 is 4.39 Å². The number of allylic oxidation sites excluding steroid dienone is 1. The quantitative estimate of drug-likeness (QED) is 0.196. The highest BCUT2D eigenvalue weighted by atomic mass is 19.4. The minimum absolute atomic E-state index is 0.237. The number of hydrogen-bond donors (Lipinski definition) is 3. The molecule has 0 saturated heterocycles. The summed E-state index contributed by atoms with van der Waals surface area (Å²) in [5.41, 5.74) is 3.79. The van der Waals surface area contributed by atoms with Crippen molar-refractivity contribution in [3.8, 4) is 22.6 Å². The maximum atomic E-state index is 15.7. The van der Waals surface area contributed by atoms with Gasteiger partial charge in [-0.25, -0.2) is 13.9 Å². The number of ether oxygens (including phenoxy) is 1. The van der Waals surface area contributed by atoms with Gasteiger partial charge >= 0.3 is 12.4 Å². The van der Waals surface area contributed by atoms with Crippen LogP contribution in [0.1, 0.15) is 32.0 Å². The number of nitrogens with zero attached hydrogens (tertiary/aromatic N) is 3. The molecule has 0 radical (unpaired) electrons. The molecular formula is C31H29F4N5O3. The molecule has 224 valence electrons. The number of aromatic hydroxyl groups is 1. The Morgan fingerprint density at radius 2 is 1.79 bits per heavy atom. The number of carbonyl (C=O) groups excluding carboxylic acids is 1. The van der Waals surface area contributed by atoms with Crippen LogP contribution < -0.4 is 20.3 Å². The number of phenols is 1. The Kier molecular flexibility index (Phi) is 7.33. The van der Waals surface area contributed by atoms with Crippen LogP contribution in [0.3, 0.4) is 0 Å². The van der Waals surface area contributed by atoms with Crippen LogP contribution in [0.4, 0.5) is 45.1 Å². The van der Waals surface area contributed by atoms with Crippen LogP contribution in [0, 0.1) is 12.7 Å². The zero-order chi connectivity index (χ0) is 31.3. The summed E-state index contributed by atoms with van der Waals surface area (Å²) in [6.07, 6.45) is -3.24. The second-order valence-electron chi connectivity index (χ2n) is 10.9. The molecule has 12 heteroatoms. The van der Waals surface area contributed by atoms with E-state index in [2.05, 4.69) is 27.0 Å². The average Bonchev–Trinajstić information content (AvgIpc) is 3.42. The van der Waals surface area contributed by atoms with Gasteiger partial charge in [0.25, 0.3) is 0 Å². The number of hydrogen-bond acceptors (Lipinski definition) is 5. The SMILES string of the molecule is C=C(C)n1ncc(-c2c(F)cc(O)c3c2C(C)(C)CN3c2ccccc2NC(=O)Nc2ccc(OC(F)(F)F)cc2)c1C. The van der Waals surface area contributed by atoms with Crippen molar-refractivity contribution < 1.29 is 32.2 Å². The molecule has 3 aromatic carbocycles. The van der Waals surface area contributed by atoms with Crippen molar-refractivity contribution in [3.05, 3.63) is 84.4 Å². The van der Waals surface area contributed by atoms with Crippen molar-refractivity contribution >= 4 is 34.5 Å². The number of para-hydroxylation sites is 2. The van der Waals surface area contributed by atoms with Crippen LogP contribution in [0.25, 0.3) is 16.8 Å². The number of phenolic OH excluding ortho intramolecular Hbond substituents is 1. The molecule has 8 nitrogen and oxygen atoms in total. The zero-order valence-corrected chi connectivity index (χ0v) is 23.8. The van der Waals surface area contributed by atoms with Crippen LogP contribution in [-0.4, -0.2) is 33.8 Å². The first-order valence-corrected chi connectivity index (χ1v) is 13.2. The lowest BCUT2D eigenvalue weighted by Gasteiger charge is -2.25. The third-order valence-electron chi connectivity index (χ3n) is 7.16. The molecule has 1 aromatic heterocycles. The molecule has 0 saturated carbocycles. The van der Waals surface area contributed by atoms with Crippen molar-refractivity contribution in [2.45, 2.75) is 39.5 Å². The monoisotopic (exact) mass is 595 g/mol. The average molecular weight is 596 g/mol. The number of halogens is 4. The van der Waals surface area contributed by atoms with Crippen LogP contribution in [0.2, 0.25) is 0 Å². The Hall–Kier alpha value is -5.00. The van der Waals surface area contributed by atoms with Gasteiger partial charge in [0.15, 0.2) is 0 Å². The minimum atomic E-state index is -4.83. The lowest BCUT2D eigenvalue weighted by atomic mass is 9.81. The second-order valence-corrected chi connectivity index (χ2v) is 10.9. The highest BCUT2D eigenvalue weighted by Gasteiger charge is 2.42. The van der Waals surface area contributed by atoms with Gasteiger partial charge in [-0.2, -0.15) is 5.10 Å². The summed E-state index contributed by atoms with van der Waals surface area (Å²) in [4.78, 5) is 14.7. The van der Waals surface area contributed by atoms with Crippen LogP contribution in [0.15, 0.2) is 67.4 Å². The molecule has 0 aliphatic carbocycles. The summed E-state index contributed by atoms with van der Waals surface area (Å²) in [5, 5.41) is 20.8. The molecule has 0 unspecified atom stereocenters. The van der Waals surface area contributed by atoms with Gasteiger partial charge in [0, 0.05) is 46.2 Å². The molecule has 3 N–H and O–H groups in total. The predicted octanol–water partition coefficient (Wildman–Crippen LogP) is 8.17. The lowest BCUT2D eigenvalue weighted by molar-refractivity contribution is -0.274. The van der Waals surface area contributed by atoms with Crippen LogP contribution in [0.5, 0.6) is 11.5 Å². The van der Waals surface area contributed by atoms with Gasteiger partial charge < -0.3 is 25.4 Å². The third kappa shape index (κ3) is 5.72. The molecular weight excluding hydrogens is 566 g/mol. The predicted molar refractivity (Wildman–Crippen MR) is 157 cm³/mol. The zero-order valence-electron chi connectivity index (χ0n) is 23.8. The van der Waals surface area contributed by atoms with Gasteiger partial charge in [0.1, 0.15) is 17.3 Å². The number of fused-ring (bicyclic) bond motifs is 1. The fraction of sp³-hybridized carbons (Fsp3) is 0.226. The number of carbonyl (C=O) groups is 1. The summed E-state index contributed by atoms with van der Waals surface area (Å²) in [6, 6.07) is 12.1. The molecule has 43 heavy (non-hydrogen) atoms. The van der Waals surface area contributed by atoms with Gasteiger partial charge in [-0.05, 0) is 55.8 Å². The number of urea groups is 1. The third-order valence-corrected chi connectivity index (χ3v) is 7.16. The fourth-order valence-electron chi connectivity index (χ4n) is 5.46. The van der Waals surface area contributed by atoms with E-state index in [9.17, 15) is 23.1 Å². The minimum Gasteiger partial charge on any atom is -0.506 e. The van der Waals surface area contributed by atoms with Gasteiger partial charge in [0.05, 0.1) is 23.3 Å². The topological polar surface area (TPSA) is 91.7 Å². The first-order valence-electron chi connectivity index (χ1n) is 13.2. The van der Waals surface area contributed by atoms with Crippen molar-refractivity contribution in [3.63, 3.8) is 0 Å². The second kappa shape index (κ2) is 10.7. The highest BCUT2D eigenvalue weighted by Crippen LogP contribution is 2.54. The summed E-state index contributed by atoms with van der Waals surface area (Å²) in [6.45, 7) is 11.8. The Balaban J connectivity index is 1.49. The van der Waals surface area contributed by atoms with Gasteiger partial charge in [-0.15, -0.1) is 13.2 Å². The highest BCUT2D eigenvalue weighted by molar-refractivity contribution is 6.03. The molecule has 1 aliphatic heterocycles. The number of rotatable bonds is 6. The largest absolute Gasteiger partial charge is 0.573 e. The summed E-state index contributed by atoms with van der Waals surface area (Å²) in [7, 11) is 0. The number of nitrogens with one attached hydrogen (secondary N) is 2. The van der Waals surface area contributed by atoms with E-state index < -0.39 is 29.4 Å². The Labute approximate surface area is 245 Å². The van der Waals surface area contributed by atoms with E-state index in [0.29, 0.717) is 51.7 Å². The summed E-state index contributed by atoms with van der Waals surface area (Å²) in [5.74, 6) is -1.27. The smallest absolute Gasteiger partial charge is 0.506 e. The van der Waals surface area contributed by atoms with Crippen molar-refractivity contribution in [2.75, 3.05) is 22.1 Å². The lowest BCUT2D eigenvalue weighted by Crippen LogP contribution is -2.27. The fourth-order valence-corrected chi connectivity index (χ4v) is 5.46. The van der Waals surface area contributed by atoms with Crippen molar-refractivity contribution in [1.82, 2.24) is 9.78 Å². The standard InChI is InChI=1S/C31H29F4N5O3/c1-17(2)40-18(3)21(15-36-40)26-22(32)14-25(41)28-27(26)30(4,5)16-39(28)24-9-7-6-8-23(24)38-29(42)37-19-10-12-20(13-11-19)43-31(33,34)35/h6-15,41H,1,16H2,2-5H3,(H2,37,38,42). The maximum absolute atomic E-state index is 15.7. The normalized spacial score (nSPS) is 13.9. The number of benzene rings is 3. The van der Waals surface area contributed by atoms with Crippen LogP contribution >= 0.6 is 0 Å². The molecule has 0 atom stereocenters. The first kappa shape index (κ1) is 29.5. The number of amides is 2. The molecule has 5 rings (SSSR count). The van der Waals surface area contributed by atoms with E-state index in [0.717, 1.165) is 18.2 Å². The first-order chi connectivity index (χ1) is 20.2. The van der Waals surface area contributed by atoms with Gasteiger partial charge in [0.2, 0.25) is 0 Å². The summed E-state index contributed by atoms with van der Waals surface area (Å²) >= 11 is 0. The van der Waals surface area contributed by atoms with Gasteiger partial charge in [-0.1, -0.05) is 32.6 Å².